The Labute approximate surface area is 172 Å². The smallest absolute Gasteiger partial charge is 0.262 e. The van der Waals surface area contributed by atoms with Crippen molar-refractivity contribution < 1.29 is 23.8 Å². The molecular formula is C20H18ClN3O5. The van der Waals surface area contributed by atoms with E-state index in [9.17, 15) is 9.59 Å². The van der Waals surface area contributed by atoms with Gasteiger partial charge in [-0.3, -0.25) is 9.59 Å². The molecule has 9 heteroatoms. The fourth-order valence-corrected chi connectivity index (χ4v) is 2.89. The van der Waals surface area contributed by atoms with Crippen LogP contribution in [0, 0.1) is 11.3 Å². The third-order valence-corrected chi connectivity index (χ3v) is 4.39. The second-order valence-electron chi connectivity index (χ2n) is 6.14. The third kappa shape index (κ3) is 5.09. The third-order valence-electron chi connectivity index (χ3n) is 4.07. The summed E-state index contributed by atoms with van der Waals surface area (Å²) in [5.41, 5.74) is 1.34. The molecule has 8 nitrogen and oxygen atoms in total. The van der Waals surface area contributed by atoms with Gasteiger partial charge in [0.1, 0.15) is 5.75 Å². The molecule has 1 aliphatic rings. The van der Waals surface area contributed by atoms with E-state index in [-0.39, 0.29) is 24.8 Å². The van der Waals surface area contributed by atoms with Crippen LogP contribution < -0.4 is 24.8 Å². The lowest BCUT2D eigenvalue weighted by Gasteiger charge is -2.19. The van der Waals surface area contributed by atoms with Crippen molar-refractivity contribution in [1.82, 2.24) is 0 Å². The van der Waals surface area contributed by atoms with Gasteiger partial charge in [-0.05, 0) is 24.6 Å². The SMILES string of the molecule is COc1cc(C#N)ccc1OCCCC(=O)Nc1cc2c(cc1Cl)NC(=O)CO2. The largest absolute Gasteiger partial charge is 0.493 e. The number of benzene rings is 2. The minimum absolute atomic E-state index is 0.0852. The quantitative estimate of drug-likeness (QED) is 0.671. The molecule has 0 fully saturated rings. The van der Waals surface area contributed by atoms with Crippen LogP contribution in [-0.4, -0.2) is 32.1 Å². The van der Waals surface area contributed by atoms with E-state index in [1.54, 1.807) is 24.3 Å². The van der Waals surface area contributed by atoms with Gasteiger partial charge in [-0.2, -0.15) is 5.26 Å². The minimum Gasteiger partial charge on any atom is -0.493 e. The Kier molecular flexibility index (Phi) is 6.42. The lowest BCUT2D eigenvalue weighted by molar-refractivity contribution is -0.118. The number of carbonyl (C=O) groups excluding carboxylic acids is 2. The molecule has 0 saturated heterocycles. The van der Waals surface area contributed by atoms with Crippen molar-refractivity contribution in [2.45, 2.75) is 12.8 Å². The van der Waals surface area contributed by atoms with Crippen LogP contribution >= 0.6 is 11.6 Å². The highest BCUT2D eigenvalue weighted by atomic mass is 35.5. The van der Waals surface area contributed by atoms with Crippen LogP contribution in [0.5, 0.6) is 17.2 Å². The molecule has 150 valence electrons. The average Bonchev–Trinajstić information content (AvgIpc) is 2.72. The van der Waals surface area contributed by atoms with E-state index in [0.717, 1.165) is 0 Å². The van der Waals surface area contributed by atoms with E-state index in [1.165, 1.54) is 13.2 Å². The van der Waals surface area contributed by atoms with Crippen molar-refractivity contribution >= 4 is 34.8 Å². The number of amides is 2. The van der Waals surface area contributed by atoms with E-state index in [0.29, 0.717) is 52.2 Å². The van der Waals surface area contributed by atoms with Crippen LogP contribution in [0.2, 0.25) is 5.02 Å². The zero-order chi connectivity index (χ0) is 20.8. The van der Waals surface area contributed by atoms with E-state index in [2.05, 4.69) is 10.6 Å². The van der Waals surface area contributed by atoms with Gasteiger partial charge in [0.15, 0.2) is 18.1 Å². The van der Waals surface area contributed by atoms with Crippen molar-refractivity contribution in [3.05, 3.63) is 40.9 Å². The number of ether oxygens (including phenoxy) is 3. The topological polar surface area (TPSA) is 110 Å². The molecule has 0 aromatic heterocycles. The highest BCUT2D eigenvalue weighted by Gasteiger charge is 2.19. The number of nitrogens with zero attached hydrogens (tertiary/aromatic N) is 1. The summed E-state index contributed by atoms with van der Waals surface area (Å²) >= 11 is 6.17. The number of hydrogen-bond acceptors (Lipinski definition) is 6. The molecule has 29 heavy (non-hydrogen) atoms. The summed E-state index contributed by atoms with van der Waals surface area (Å²) in [4.78, 5) is 23.5. The predicted molar refractivity (Wildman–Crippen MR) is 107 cm³/mol. The standard InChI is InChI=1S/C20H18ClN3O5/c1-27-18-7-12(10-22)4-5-16(18)28-6-2-3-19(25)23-14-9-17-15(8-13(14)21)24-20(26)11-29-17/h4-5,7-9H,2-3,6,11H2,1H3,(H,23,25)(H,24,26). The molecule has 0 spiro atoms. The lowest BCUT2D eigenvalue weighted by atomic mass is 10.2. The number of carbonyl (C=O) groups is 2. The van der Waals surface area contributed by atoms with Crippen molar-refractivity contribution in [2.24, 2.45) is 0 Å². The van der Waals surface area contributed by atoms with Crippen LogP contribution in [0.15, 0.2) is 30.3 Å². The van der Waals surface area contributed by atoms with Gasteiger partial charge in [0.05, 0.1) is 41.7 Å². The molecule has 0 unspecified atom stereocenters. The fourth-order valence-electron chi connectivity index (χ4n) is 2.68. The number of anilines is 2. The molecule has 2 aromatic rings. The van der Waals surface area contributed by atoms with Gasteiger partial charge in [-0.25, -0.2) is 0 Å². The molecule has 2 amide bonds. The summed E-state index contributed by atoms with van der Waals surface area (Å²) in [6, 6.07) is 10.0. The fraction of sp³-hybridized carbons (Fsp3) is 0.250. The Morgan fingerprint density at radius 3 is 2.93 bits per heavy atom. The highest BCUT2D eigenvalue weighted by molar-refractivity contribution is 6.34. The van der Waals surface area contributed by atoms with Crippen LogP contribution in [0.4, 0.5) is 11.4 Å². The van der Waals surface area contributed by atoms with Gasteiger partial charge in [0.2, 0.25) is 5.91 Å². The summed E-state index contributed by atoms with van der Waals surface area (Å²) < 4.78 is 16.2. The van der Waals surface area contributed by atoms with Crippen molar-refractivity contribution in [2.75, 3.05) is 31.0 Å². The first-order valence-electron chi connectivity index (χ1n) is 8.77. The predicted octanol–water partition coefficient (Wildman–Crippen LogP) is 3.35. The average molecular weight is 416 g/mol. The molecule has 0 atom stereocenters. The van der Waals surface area contributed by atoms with Gasteiger partial charge < -0.3 is 24.8 Å². The molecule has 2 N–H and O–H groups in total. The Morgan fingerprint density at radius 2 is 2.17 bits per heavy atom. The van der Waals surface area contributed by atoms with Crippen LogP contribution in [-0.2, 0) is 9.59 Å². The molecule has 0 aliphatic carbocycles. The van der Waals surface area contributed by atoms with Gasteiger partial charge >= 0.3 is 0 Å². The first kappa shape index (κ1) is 20.3. The maximum absolute atomic E-state index is 12.2. The maximum Gasteiger partial charge on any atom is 0.262 e. The number of rotatable bonds is 7. The summed E-state index contributed by atoms with van der Waals surface area (Å²) in [5, 5.41) is 14.6. The minimum atomic E-state index is -0.260. The van der Waals surface area contributed by atoms with Gasteiger partial charge in [-0.15, -0.1) is 0 Å². The normalized spacial score (nSPS) is 12.1. The number of fused-ring (bicyclic) bond motifs is 1. The first-order valence-corrected chi connectivity index (χ1v) is 9.15. The molecule has 2 aromatic carbocycles. The maximum atomic E-state index is 12.2. The Morgan fingerprint density at radius 1 is 1.34 bits per heavy atom. The number of halogens is 1. The van der Waals surface area contributed by atoms with Gasteiger partial charge in [0.25, 0.3) is 5.91 Å². The molecule has 0 bridgehead atoms. The molecule has 1 aliphatic heterocycles. The summed E-state index contributed by atoms with van der Waals surface area (Å²) in [5.74, 6) is 0.914. The van der Waals surface area contributed by atoms with Crippen molar-refractivity contribution in [1.29, 1.82) is 5.26 Å². The summed E-state index contributed by atoms with van der Waals surface area (Å²) in [7, 11) is 1.49. The number of nitrogens with one attached hydrogen (secondary N) is 2. The summed E-state index contributed by atoms with van der Waals surface area (Å²) in [6.45, 7) is 0.209. The summed E-state index contributed by atoms with van der Waals surface area (Å²) in [6.07, 6.45) is 0.674. The van der Waals surface area contributed by atoms with Gasteiger partial charge in [-0.1, -0.05) is 11.6 Å². The molecule has 0 saturated carbocycles. The first-order chi connectivity index (χ1) is 14.0. The molecule has 0 radical (unpaired) electrons. The molecular weight excluding hydrogens is 398 g/mol. The second-order valence-corrected chi connectivity index (χ2v) is 6.55. The number of hydrogen-bond donors (Lipinski definition) is 2. The Balaban J connectivity index is 1.51. The second kappa shape index (κ2) is 9.17. The van der Waals surface area contributed by atoms with Gasteiger partial charge in [0, 0.05) is 18.6 Å². The zero-order valence-electron chi connectivity index (χ0n) is 15.6. The molecule has 3 rings (SSSR count). The number of nitriles is 1. The van der Waals surface area contributed by atoms with E-state index >= 15 is 0 Å². The van der Waals surface area contributed by atoms with Crippen LogP contribution in [0.3, 0.4) is 0 Å². The number of methoxy groups -OCH3 is 1. The van der Waals surface area contributed by atoms with Crippen LogP contribution in [0.25, 0.3) is 0 Å². The lowest BCUT2D eigenvalue weighted by Crippen LogP contribution is -2.25. The monoisotopic (exact) mass is 415 g/mol. The van der Waals surface area contributed by atoms with Crippen molar-refractivity contribution in [3.63, 3.8) is 0 Å². The Bertz CT molecular complexity index is 987. The van der Waals surface area contributed by atoms with Crippen molar-refractivity contribution in [3.8, 4) is 23.3 Å². The van der Waals surface area contributed by atoms with Crippen LogP contribution in [0.1, 0.15) is 18.4 Å². The zero-order valence-corrected chi connectivity index (χ0v) is 16.3. The van der Waals surface area contributed by atoms with E-state index in [4.69, 9.17) is 31.1 Å². The molecule has 1 heterocycles. The Hall–Kier alpha value is -3.44. The highest BCUT2D eigenvalue weighted by Crippen LogP contribution is 2.36. The van der Waals surface area contributed by atoms with E-state index in [1.807, 2.05) is 6.07 Å². The van der Waals surface area contributed by atoms with E-state index < -0.39 is 0 Å².